The Kier molecular flexibility index (Phi) is 6.33. The van der Waals surface area contributed by atoms with Crippen LogP contribution in [0.1, 0.15) is 11.3 Å². The van der Waals surface area contributed by atoms with E-state index in [9.17, 15) is 4.79 Å². The minimum Gasteiger partial charge on any atom is -0.339 e. The van der Waals surface area contributed by atoms with Gasteiger partial charge in [-0.2, -0.15) is 11.8 Å². The zero-order valence-electron chi connectivity index (χ0n) is 9.98. The number of amides is 1. The van der Waals surface area contributed by atoms with Crippen molar-refractivity contribution in [2.45, 2.75) is 19.0 Å². The Morgan fingerprint density at radius 1 is 1.65 bits per heavy atom. The molecule has 6 heteroatoms. The van der Waals surface area contributed by atoms with E-state index < -0.39 is 6.04 Å². The van der Waals surface area contributed by atoms with Crippen LogP contribution in [0.15, 0.2) is 12.1 Å². The molecule has 1 aromatic heterocycles. The van der Waals surface area contributed by atoms with E-state index in [0.29, 0.717) is 6.54 Å². The van der Waals surface area contributed by atoms with Crippen LogP contribution in [-0.2, 0) is 11.3 Å². The lowest BCUT2D eigenvalue weighted by Gasteiger charge is -2.20. The number of likely N-dealkylation sites (N-methyl/N-ethyl adjacent to an activating group) is 1. The Hall–Kier alpha value is -0.230. The summed E-state index contributed by atoms with van der Waals surface area (Å²) >= 11 is 9.03. The van der Waals surface area contributed by atoms with Crippen LogP contribution in [0.5, 0.6) is 0 Å². The van der Waals surface area contributed by atoms with Crippen molar-refractivity contribution in [3.05, 3.63) is 21.3 Å². The minimum absolute atomic E-state index is 0.0106. The molecule has 1 amide bonds. The number of thioether (sulfide) groups is 1. The number of thiophene rings is 1. The molecule has 0 aliphatic heterocycles. The van der Waals surface area contributed by atoms with Gasteiger partial charge in [0.25, 0.3) is 0 Å². The fourth-order valence-electron chi connectivity index (χ4n) is 1.40. The first-order valence-electron chi connectivity index (χ1n) is 5.28. The topological polar surface area (TPSA) is 46.3 Å². The summed E-state index contributed by atoms with van der Waals surface area (Å²) in [5, 5.41) is 0. The second kappa shape index (κ2) is 7.26. The number of hydrogen-bond donors (Lipinski definition) is 1. The summed E-state index contributed by atoms with van der Waals surface area (Å²) < 4.78 is 0.743. The van der Waals surface area contributed by atoms with Gasteiger partial charge in [-0.1, -0.05) is 11.6 Å². The van der Waals surface area contributed by atoms with Crippen LogP contribution in [0.4, 0.5) is 0 Å². The number of carbonyl (C=O) groups excluding carboxylic acids is 1. The maximum atomic E-state index is 11.9. The van der Waals surface area contributed by atoms with Gasteiger partial charge in [-0.25, -0.2) is 0 Å². The van der Waals surface area contributed by atoms with Crippen LogP contribution in [-0.4, -0.2) is 35.9 Å². The van der Waals surface area contributed by atoms with Gasteiger partial charge >= 0.3 is 0 Å². The predicted molar refractivity (Wildman–Crippen MR) is 76.8 cm³/mol. The molecule has 17 heavy (non-hydrogen) atoms. The Balaban J connectivity index is 2.46. The third kappa shape index (κ3) is 4.87. The van der Waals surface area contributed by atoms with Crippen molar-refractivity contribution >= 4 is 40.6 Å². The van der Waals surface area contributed by atoms with Gasteiger partial charge in [-0.3, -0.25) is 4.79 Å². The van der Waals surface area contributed by atoms with E-state index in [4.69, 9.17) is 17.3 Å². The van der Waals surface area contributed by atoms with Crippen LogP contribution in [0.2, 0.25) is 4.34 Å². The fraction of sp³-hybridized carbons (Fsp3) is 0.545. The molecule has 0 saturated carbocycles. The second-order valence-electron chi connectivity index (χ2n) is 3.79. The predicted octanol–water partition coefficient (Wildman–Crippen LogP) is 2.44. The van der Waals surface area contributed by atoms with Gasteiger partial charge in [-0.15, -0.1) is 11.3 Å². The van der Waals surface area contributed by atoms with Crippen LogP contribution in [0.3, 0.4) is 0 Å². The van der Waals surface area contributed by atoms with E-state index in [-0.39, 0.29) is 5.91 Å². The number of nitrogens with zero attached hydrogens (tertiary/aromatic N) is 1. The summed E-state index contributed by atoms with van der Waals surface area (Å²) in [6.07, 6.45) is 2.73. The standard InChI is InChI=1S/C11H17ClN2OS2/c1-14(7-8-3-4-10(12)17-8)11(15)9(13)5-6-16-2/h3-4,9H,5-7,13H2,1-2H3/t9-/m1/s1. The van der Waals surface area contributed by atoms with Crippen LogP contribution >= 0.6 is 34.7 Å². The smallest absolute Gasteiger partial charge is 0.239 e. The summed E-state index contributed by atoms with van der Waals surface area (Å²) in [5.41, 5.74) is 5.84. The first-order chi connectivity index (χ1) is 8.04. The summed E-state index contributed by atoms with van der Waals surface area (Å²) in [4.78, 5) is 14.7. The van der Waals surface area contributed by atoms with Gasteiger partial charge in [0.15, 0.2) is 0 Å². The summed E-state index contributed by atoms with van der Waals surface area (Å²) in [7, 11) is 1.77. The van der Waals surface area contributed by atoms with Gasteiger partial charge in [0.1, 0.15) is 0 Å². The molecule has 0 fully saturated rings. The van der Waals surface area contributed by atoms with Crippen molar-refractivity contribution in [3.63, 3.8) is 0 Å². The van der Waals surface area contributed by atoms with Gasteiger partial charge in [-0.05, 0) is 30.6 Å². The normalized spacial score (nSPS) is 12.5. The number of nitrogens with two attached hydrogens (primary N) is 1. The van der Waals surface area contributed by atoms with E-state index in [1.54, 1.807) is 23.7 Å². The first-order valence-corrected chi connectivity index (χ1v) is 7.87. The number of carbonyl (C=O) groups is 1. The Bertz CT molecular complexity index is 370. The maximum Gasteiger partial charge on any atom is 0.239 e. The van der Waals surface area contributed by atoms with Crippen molar-refractivity contribution in [2.75, 3.05) is 19.1 Å². The van der Waals surface area contributed by atoms with Crippen molar-refractivity contribution in [3.8, 4) is 0 Å². The molecule has 1 aromatic rings. The quantitative estimate of drug-likeness (QED) is 0.876. The molecule has 0 saturated heterocycles. The molecule has 0 bridgehead atoms. The lowest BCUT2D eigenvalue weighted by Crippen LogP contribution is -2.41. The average Bonchev–Trinajstić information content (AvgIpc) is 2.70. The van der Waals surface area contributed by atoms with E-state index in [1.165, 1.54) is 11.3 Å². The summed E-state index contributed by atoms with van der Waals surface area (Å²) in [6.45, 7) is 0.573. The molecule has 96 valence electrons. The Morgan fingerprint density at radius 3 is 2.88 bits per heavy atom. The summed E-state index contributed by atoms with van der Waals surface area (Å²) in [6, 6.07) is 3.38. The molecule has 0 spiro atoms. The third-order valence-corrected chi connectivity index (χ3v) is 4.21. The molecule has 3 nitrogen and oxygen atoms in total. The van der Waals surface area contributed by atoms with E-state index in [0.717, 1.165) is 21.4 Å². The molecule has 0 aliphatic carbocycles. The molecule has 2 N–H and O–H groups in total. The van der Waals surface area contributed by atoms with Crippen molar-refractivity contribution < 1.29 is 4.79 Å². The lowest BCUT2D eigenvalue weighted by molar-refractivity contribution is -0.131. The molecular weight excluding hydrogens is 276 g/mol. The molecule has 0 aromatic carbocycles. The van der Waals surface area contributed by atoms with Crippen molar-refractivity contribution in [1.82, 2.24) is 4.90 Å². The van der Waals surface area contributed by atoms with Crippen LogP contribution in [0, 0.1) is 0 Å². The lowest BCUT2D eigenvalue weighted by atomic mass is 10.2. The van der Waals surface area contributed by atoms with Crippen LogP contribution < -0.4 is 5.73 Å². The molecule has 0 unspecified atom stereocenters. The Labute approximate surface area is 115 Å². The zero-order chi connectivity index (χ0) is 12.8. The largest absolute Gasteiger partial charge is 0.339 e. The molecule has 0 aliphatic rings. The maximum absolute atomic E-state index is 11.9. The van der Waals surface area contributed by atoms with Crippen LogP contribution in [0.25, 0.3) is 0 Å². The third-order valence-electron chi connectivity index (χ3n) is 2.35. The molecular formula is C11H17ClN2OS2. The minimum atomic E-state index is -0.400. The zero-order valence-corrected chi connectivity index (χ0v) is 12.4. The Morgan fingerprint density at radius 2 is 2.35 bits per heavy atom. The number of halogens is 1. The first kappa shape index (κ1) is 14.8. The molecule has 0 radical (unpaired) electrons. The second-order valence-corrected chi connectivity index (χ2v) is 6.57. The van der Waals surface area contributed by atoms with Gasteiger partial charge < -0.3 is 10.6 Å². The number of hydrogen-bond acceptors (Lipinski definition) is 4. The van der Waals surface area contributed by atoms with E-state index in [2.05, 4.69) is 0 Å². The highest BCUT2D eigenvalue weighted by atomic mass is 35.5. The highest BCUT2D eigenvalue weighted by Gasteiger charge is 2.18. The highest BCUT2D eigenvalue weighted by Crippen LogP contribution is 2.22. The van der Waals surface area contributed by atoms with E-state index >= 15 is 0 Å². The molecule has 1 heterocycles. The molecule has 1 atom stereocenters. The monoisotopic (exact) mass is 292 g/mol. The van der Waals surface area contributed by atoms with Crippen molar-refractivity contribution in [1.29, 1.82) is 0 Å². The van der Waals surface area contributed by atoms with Gasteiger partial charge in [0.05, 0.1) is 16.9 Å². The average molecular weight is 293 g/mol. The van der Waals surface area contributed by atoms with Gasteiger partial charge in [0, 0.05) is 11.9 Å². The SMILES string of the molecule is CSCC[C@@H](N)C(=O)N(C)Cc1ccc(Cl)s1. The van der Waals surface area contributed by atoms with Crippen molar-refractivity contribution in [2.24, 2.45) is 5.73 Å². The highest BCUT2D eigenvalue weighted by molar-refractivity contribution is 7.98. The summed E-state index contributed by atoms with van der Waals surface area (Å²) in [5.74, 6) is 0.898. The number of rotatable bonds is 6. The molecule has 1 rings (SSSR count). The van der Waals surface area contributed by atoms with E-state index in [1.807, 2.05) is 18.4 Å². The van der Waals surface area contributed by atoms with Gasteiger partial charge in [0.2, 0.25) is 5.91 Å². The fourth-order valence-corrected chi connectivity index (χ4v) is 3.03.